The van der Waals surface area contributed by atoms with Crippen molar-refractivity contribution in [2.24, 2.45) is 0 Å². The average molecular weight is 357 g/mol. The van der Waals surface area contributed by atoms with Crippen LogP contribution in [0.3, 0.4) is 0 Å². The molecule has 0 aliphatic carbocycles. The van der Waals surface area contributed by atoms with Crippen molar-refractivity contribution >= 4 is 27.7 Å². The van der Waals surface area contributed by atoms with Gasteiger partial charge in [0.2, 0.25) is 5.91 Å². The summed E-state index contributed by atoms with van der Waals surface area (Å²) in [5.74, 6) is 0.169. The van der Waals surface area contributed by atoms with E-state index in [2.05, 4.69) is 40.3 Å². The van der Waals surface area contributed by atoms with E-state index in [4.69, 9.17) is 0 Å². The van der Waals surface area contributed by atoms with E-state index in [0.717, 1.165) is 22.3 Å². The third-order valence-electron chi connectivity index (χ3n) is 4.99. The molecule has 0 fully saturated rings. The SMILES string of the molecule is CCN(Cc1ccccc1)C(=O)CCc1cc2c(cn1)[nH]c1ccccc12. The first-order chi connectivity index (χ1) is 13.2. The molecule has 0 radical (unpaired) electrons. The van der Waals surface area contributed by atoms with E-state index in [1.807, 2.05) is 48.4 Å². The van der Waals surface area contributed by atoms with E-state index in [1.54, 1.807) is 0 Å². The lowest BCUT2D eigenvalue weighted by Gasteiger charge is -2.21. The predicted octanol–water partition coefficient (Wildman–Crippen LogP) is 4.70. The molecule has 4 aromatic rings. The van der Waals surface area contributed by atoms with Crippen molar-refractivity contribution in [2.45, 2.75) is 26.3 Å². The maximum Gasteiger partial charge on any atom is 0.223 e. The first kappa shape index (κ1) is 17.3. The van der Waals surface area contributed by atoms with Gasteiger partial charge in [0, 0.05) is 41.5 Å². The van der Waals surface area contributed by atoms with E-state index in [1.165, 1.54) is 10.8 Å². The summed E-state index contributed by atoms with van der Waals surface area (Å²) >= 11 is 0. The van der Waals surface area contributed by atoms with E-state index in [-0.39, 0.29) is 5.91 Å². The van der Waals surface area contributed by atoms with Crippen LogP contribution in [0.1, 0.15) is 24.6 Å². The summed E-state index contributed by atoms with van der Waals surface area (Å²) in [6.07, 6.45) is 3.00. The predicted molar refractivity (Wildman–Crippen MR) is 109 cm³/mol. The Bertz CT molecular complexity index is 1070. The minimum absolute atomic E-state index is 0.169. The number of nitrogens with zero attached hydrogens (tertiary/aromatic N) is 2. The zero-order chi connectivity index (χ0) is 18.6. The Morgan fingerprint density at radius 1 is 1.00 bits per heavy atom. The molecule has 2 aromatic heterocycles. The highest BCUT2D eigenvalue weighted by Crippen LogP contribution is 2.25. The van der Waals surface area contributed by atoms with Gasteiger partial charge in [-0.15, -0.1) is 0 Å². The van der Waals surface area contributed by atoms with E-state index in [9.17, 15) is 4.79 Å². The van der Waals surface area contributed by atoms with Crippen molar-refractivity contribution in [1.82, 2.24) is 14.9 Å². The first-order valence-corrected chi connectivity index (χ1v) is 9.41. The highest BCUT2D eigenvalue weighted by molar-refractivity contribution is 6.06. The second-order valence-corrected chi connectivity index (χ2v) is 6.79. The van der Waals surface area contributed by atoms with Crippen LogP contribution in [0.4, 0.5) is 0 Å². The molecule has 0 bridgehead atoms. The summed E-state index contributed by atoms with van der Waals surface area (Å²) in [5.41, 5.74) is 4.26. The maximum atomic E-state index is 12.7. The molecule has 4 rings (SSSR count). The van der Waals surface area contributed by atoms with Gasteiger partial charge < -0.3 is 9.88 Å². The molecule has 4 nitrogen and oxygen atoms in total. The second-order valence-electron chi connectivity index (χ2n) is 6.79. The molecule has 0 aliphatic heterocycles. The molecule has 0 saturated carbocycles. The Balaban J connectivity index is 1.47. The van der Waals surface area contributed by atoms with Crippen LogP contribution in [0.25, 0.3) is 21.8 Å². The van der Waals surface area contributed by atoms with E-state index >= 15 is 0 Å². The van der Waals surface area contributed by atoms with E-state index in [0.29, 0.717) is 25.9 Å². The summed E-state index contributed by atoms with van der Waals surface area (Å²) in [7, 11) is 0. The highest BCUT2D eigenvalue weighted by Gasteiger charge is 2.13. The lowest BCUT2D eigenvalue weighted by Crippen LogP contribution is -2.30. The molecule has 0 saturated heterocycles. The number of carbonyl (C=O) groups is 1. The Hall–Kier alpha value is -3.14. The zero-order valence-corrected chi connectivity index (χ0v) is 15.5. The van der Waals surface area contributed by atoms with Gasteiger partial charge in [-0.05, 0) is 31.0 Å². The number of hydrogen-bond donors (Lipinski definition) is 1. The fraction of sp³-hybridized carbons (Fsp3) is 0.217. The molecular formula is C23H23N3O. The van der Waals surface area contributed by atoms with Gasteiger partial charge in [0.05, 0.1) is 11.7 Å². The van der Waals surface area contributed by atoms with Crippen molar-refractivity contribution in [2.75, 3.05) is 6.54 Å². The number of para-hydroxylation sites is 1. The molecule has 2 heterocycles. The lowest BCUT2D eigenvalue weighted by atomic mass is 10.1. The number of fused-ring (bicyclic) bond motifs is 3. The highest BCUT2D eigenvalue weighted by atomic mass is 16.2. The Labute approximate surface area is 158 Å². The summed E-state index contributed by atoms with van der Waals surface area (Å²) in [5, 5.41) is 2.36. The molecule has 1 amide bonds. The number of nitrogens with one attached hydrogen (secondary N) is 1. The van der Waals surface area contributed by atoms with Crippen LogP contribution < -0.4 is 0 Å². The van der Waals surface area contributed by atoms with Crippen LogP contribution in [0.15, 0.2) is 66.9 Å². The zero-order valence-electron chi connectivity index (χ0n) is 15.5. The normalized spacial score (nSPS) is 11.1. The number of benzene rings is 2. The fourth-order valence-corrected chi connectivity index (χ4v) is 3.50. The summed E-state index contributed by atoms with van der Waals surface area (Å²) in [6.45, 7) is 3.39. The van der Waals surface area contributed by atoms with Gasteiger partial charge in [-0.2, -0.15) is 0 Å². The number of rotatable bonds is 6. The molecule has 0 aliphatic rings. The number of aromatic nitrogens is 2. The molecule has 2 aromatic carbocycles. The molecule has 0 spiro atoms. The quantitative estimate of drug-likeness (QED) is 0.544. The Kier molecular flexibility index (Phi) is 4.88. The number of amides is 1. The second kappa shape index (κ2) is 7.62. The number of hydrogen-bond acceptors (Lipinski definition) is 2. The van der Waals surface area contributed by atoms with Crippen molar-refractivity contribution in [3.63, 3.8) is 0 Å². The molecular weight excluding hydrogens is 334 g/mol. The number of aromatic amines is 1. The van der Waals surface area contributed by atoms with Gasteiger partial charge in [-0.1, -0.05) is 48.5 Å². The van der Waals surface area contributed by atoms with Crippen molar-refractivity contribution < 1.29 is 4.79 Å². The molecule has 1 N–H and O–H groups in total. The van der Waals surface area contributed by atoms with Gasteiger partial charge >= 0.3 is 0 Å². The van der Waals surface area contributed by atoms with Crippen LogP contribution in [0.2, 0.25) is 0 Å². The number of pyridine rings is 1. The lowest BCUT2D eigenvalue weighted by molar-refractivity contribution is -0.131. The molecule has 4 heteroatoms. The topological polar surface area (TPSA) is 49.0 Å². The standard InChI is InChI=1S/C23H23N3O/c1-2-26(16-17-8-4-3-5-9-17)23(27)13-12-18-14-20-19-10-6-7-11-21(19)25-22(20)15-24-18/h3-11,14-15,25H,2,12-13,16H2,1H3. The van der Waals surface area contributed by atoms with Crippen LogP contribution in [-0.4, -0.2) is 27.3 Å². The number of aryl methyl sites for hydroxylation is 1. The van der Waals surface area contributed by atoms with Gasteiger partial charge in [-0.25, -0.2) is 0 Å². The third kappa shape index (κ3) is 3.70. The minimum Gasteiger partial charge on any atom is -0.353 e. The van der Waals surface area contributed by atoms with E-state index < -0.39 is 0 Å². The molecule has 27 heavy (non-hydrogen) atoms. The molecule has 0 atom stereocenters. The van der Waals surface area contributed by atoms with Crippen LogP contribution >= 0.6 is 0 Å². The van der Waals surface area contributed by atoms with Crippen LogP contribution in [-0.2, 0) is 17.8 Å². The van der Waals surface area contributed by atoms with Crippen LogP contribution in [0.5, 0.6) is 0 Å². The van der Waals surface area contributed by atoms with Gasteiger partial charge in [-0.3, -0.25) is 9.78 Å². The van der Waals surface area contributed by atoms with Gasteiger partial charge in [0.15, 0.2) is 0 Å². The fourth-order valence-electron chi connectivity index (χ4n) is 3.50. The van der Waals surface area contributed by atoms with Gasteiger partial charge in [0.25, 0.3) is 0 Å². The Morgan fingerprint density at radius 2 is 1.78 bits per heavy atom. The summed E-state index contributed by atoms with van der Waals surface area (Å²) < 4.78 is 0. The monoisotopic (exact) mass is 357 g/mol. The molecule has 136 valence electrons. The molecule has 0 unspecified atom stereocenters. The van der Waals surface area contributed by atoms with Crippen molar-refractivity contribution in [1.29, 1.82) is 0 Å². The smallest absolute Gasteiger partial charge is 0.223 e. The number of carbonyl (C=O) groups excluding carboxylic acids is 1. The largest absolute Gasteiger partial charge is 0.353 e. The first-order valence-electron chi connectivity index (χ1n) is 9.41. The van der Waals surface area contributed by atoms with Crippen molar-refractivity contribution in [3.05, 3.63) is 78.1 Å². The minimum atomic E-state index is 0.169. The van der Waals surface area contributed by atoms with Crippen molar-refractivity contribution in [3.8, 4) is 0 Å². The Morgan fingerprint density at radius 3 is 2.59 bits per heavy atom. The number of H-pyrrole nitrogens is 1. The third-order valence-corrected chi connectivity index (χ3v) is 4.99. The van der Waals surface area contributed by atoms with Gasteiger partial charge in [0.1, 0.15) is 0 Å². The van der Waals surface area contributed by atoms with Crippen LogP contribution in [0, 0.1) is 0 Å². The maximum absolute atomic E-state index is 12.7. The average Bonchev–Trinajstić information content (AvgIpc) is 3.09. The summed E-state index contributed by atoms with van der Waals surface area (Å²) in [4.78, 5) is 22.5. The summed E-state index contributed by atoms with van der Waals surface area (Å²) in [6, 6.07) is 20.5.